The van der Waals surface area contributed by atoms with Gasteiger partial charge in [-0.3, -0.25) is 0 Å². The molecule has 3 aromatic rings. The number of phenols is 2. The molecule has 0 aliphatic heterocycles. The molecule has 3 heteroatoms. The van der Waals surface area contributed by atoms with Gasteiger partial charge in [0.25, 0.3) is 0 Å². The summed E-state index contributed by atoms with van der Waals surface area (Å²) in [5.41, 5.74) is 2.03. The highest BCUT2D eigenvalue weighted by atomic mass is 16.3. The first-order valence-electron chi connectivity index (χ1n) is 6.35. The molecule has 0 amide bonds. The minimum Gasteiger partial charge on any atom is -0.508 e. The molecule has 1 heterocycles. The number of hydrogen-bond acceptors (Lipinski definition) is 3. The summed E-state index contributed by atoms with van der Waals surface area (Å²) in [6.45, 7) is 0. The molecule has 100 valence electrons. The van der Waals surface area contributed by atoms with Crippen LogP contribution in [0.1, 0.15) is 22.8 Å². The van der Waals surface area contributed by atoms with Crippen molar-refractivity contribution >= 4 is 0 Å². The van der Waals surface area contributed by atoms with Crippen molar-refractivity contribution in [2.45, 2.75) is 5.92 Å². The summed E-state index contributed by atoms with van der Waals surface area (Å²) in [6, 6.07) is 17.9. The second-order valence-corrected chi connectivity index (χ2v) is 4.63. The van der Waals surface area contributed by atoms with Gasteiger partial charge >= 0.3 is 0 Å². The van der Waals surface area contributed by atoms with Gasteiger partial charge in [0.2, 0.25) is 0 Å². The number of hydrogen-bond donors (Lipinski definition) is 2. The summed E-state index contributed by atoms with van der Waals surface area (Å²) in [5, 5.41) is 18.8. The Hall–Kier alpha value is -2.68. The number of rotatable bonds is 3. The van der Waals surface area contributed by atoms with Gasteiger partial charge < -0.3 is 14.6 Å². The molecule has 3 rings (SSSR count). The van der Waals surface area contributed by atoms with E-state index in [4.69, 9.17) is 4.42 Å². The van der Waals surface area contributed by atoms with Crippen molar-refractivity contribution in [2.75, 3.05) is 0 Å². The van der Waals surface area contributed by atoms with Crippen LogP contribution in [0.4, 0.5) is 0 Å². The van der Waals surface area contributed by atoms with E-state index in [0.29, 0.717) is 0 Å². The van der Waals surface area contributed by atoms with E-state index in [-0.39, 0.29) is 17.4 Å². The smallest absolute Gasteiger partial charge is 0.115 e. The molecule has 0 atom stereocenters. The predicted molar refractivity (Wildman–Crippen MR) is 75.9 cm³/mol. The Morgan fingerprint density at radius 1 is 0.700 bits per heavy atom. The summed E-state index contributed by atoms with van der Waals surface area (Å²) in [5.74, 6) is 1.22. The Labute approximate surface area is 116 Å². The van der Waals surface area contributed by atoms with E-state index in [0.717, 1.165) is 16.9 Å². The van der Waals surface area contributed by atoms with E-state index in [1.54, 1.807) is 30.5 Å². The van der Waals surface area contributed by atoms with E-state index in [9.17, 15) is 10.2 Å². The third kappa shape index (κ3) is 2.38. The Bertz CT molecular complexity index is 622. The molecule has 3 nitrogen and oxygen atoms in total. The maximum Gasteiger partial charge on any atom is 0.115 e. The van der Waals surface area contributed by atoms with Crippen molar-refractivity contribution in [3.05, 3.63) is 83.8 Å². The Morgan fingerprint density at radius 3 is 1.60 bits per heavy atom. The number of benzene rings is 2. The number of phenolic OH excluding ortho intramolecular Hbond substituents is 2. The number of furan rings is 1. The molecule has 20 heavy (non-hydrogen) atoms. The fourth-order valence-electron chi connectivity index (χ4n) is 2.31. The fourth-order valence-corrected chi connectivity index (χ4v) is 2.31. The lowest BCUT2D eigenvalue weighted by Gasteiger charge is -2.16. The molecule has 0 unspecified atom stereocenters. The van der Waals surface area contributed by atoms with Gasteiger partial charge in [-0.05, 0) is 47.5 Å². The van der Waals surface area contributed by atoms with Crippen molar-refractivity contribution in [3.63, 3.8) is 0 Å². The first-order chi connectivity index (χ1) is 9.74. The molecule has 0 aliphatic rings. The van der Waals surface area contributed by atoms with Crippen LogP contribution >= 0.6 is 0 Å². The van der Waals surface area contributed by atoms with E-state index < -0.39 is 0 Å². The van der Waals surface area contributed by atoms with Crippen LogP contribution in [0.15, 0.2) is 71.3 Å². The fraction of sp³-hybridized carbons (Fsp3) is 0.0588. The maximum atomic E-state index is 9.42. The predicted octanol–water partition coefficient (Wildman–Crippen LogP) is 3.87. The Morgan fingerprint density at radius 2 is 1.20 bits per heavy atom. The second-order valence-electron chi connectivity index (χ2n) is 4.63. The zero-order valence-electron chi connectivity index (χ0n) is 10.7. The van der Waals surface area contributed by atoms with Gasteiger partial charge in [0.05, 0.1) is 12.2 Å². The standard InChI is InChI=1S/C17H14O3/c18-14-7-3-12(4-8-14)17(16-2-1-11-20-16)13-5-9-15(19)10-6-13/h1-11,17-19H. The monoisotopic (exact) mass is 266 g/mol. The SMILES string of the molecule is Oc1ccc(C(c2ccc(O)cc2)c2ccco2)cc1. The summed E-state index contributed by atoms with van der Waals surface area (Å²) in [7, 11) is 0. The van der Waals surface area contributed by atoms with Gasteiger partial charge in [-0.15, -0.1) is 0 Å². The van der Waals surface area contributed by atoms with Crippen LogP contribution in [0.2, 0.25) is 0 Å². The van der Waals surface area contributed by atoms with Crippen LogP contribution in [0.25, 0.3) is 0 Å². The maximum absolute atomic E-state index is 9.42. The topological polar surface area (TPSA) is 53.6 Å². The van der Waals surface area contributed by atoms with Gasteiger partial charge in [0.15, 0.2) is 0 Å². The average Bonchev–Trinajstić information content (AvgIpc) is 2.97. The molecule has 2 N–H and O–H groups in total. The zero-order valence-corrected chi connectivity index (χ0v) is 10.7. The normalized spacial score (nSPS) is 10.8. The minimum atomic E-state index is -0.0637. The lowest BCUT2D eigenvalue weighted by molar-refractivity contribution is 0.473. The first kappa shape index (κ1) is 12.4. The van der Waals surface area contributed by atoms with Gasteiger partial charge in [-0.1, -0.05) is 24.3 Å². The van der Waals surface area contributed by atoms with Gasteiger partial charge in [-0.2, -0.15) is 0 Å². The van der Waals surface area contributed by atoms with Crippen LogP contribution in [0.5, 0.6) is 11.5 Å². The van der Waals surface area contributed by atoms with E-state index in [2.05, 4.69) is 0 Å². The number of aromatic hydroxyl groups is 2. The molecule has 0 radical (unpaired) electrons. The molecule has 0 fully saturated rings. The highest BCUT2D eigenvalue weighted by Gasteiger charge is 2.19. The lowest BCUT2D eigenvalue weighted by atomic mass is 9.89. The van der Waals surface area contributed by atoms with E-state index in [1.165, 1.54) is 0 Å². The quantitative estimate of drug-likeness (QED) is 0.756. The highest BCUT2D eigenvalue weighted by Crippen LogP contribution is 2.33. The molecule has 0 saturated carbocycles. The van der Waals surface area contributed by atoms with Crippen LogP contribution in [-0.2, 0) is 0 Å². The minimum absolute atomic E-state index is 0.0637. The van der Waals surface area contributed by atoms with Crippen LogP contribution in [0, 0.1) is 0 Å². The molecule has 0 saturated heterocycles. The molecular weight excluding hydrogens is 252 g/mol. The molecule has 0 aliphatic carbocycles. The van der Waals surface area contributed by atoms with E-state index >= 15 is 0 Å². The Kier molecular flexibility index (Phi) is 3.17. The summed E-state index contributed by atoms with van der Waals surface area (Å²) in [4.78, 5) is 0. The van der Waals surface area contributed by atoms with Crippen molar-refractivity contribution in [1.82, 2.24) is 0 Å². The molecule has 1 aromatic heterocycles. The van der Waals surface area contributed by atoms with Crippen LogP contribution in [-0.4, -0.2) is 10.2 Å². The summed E-state index contributed by atoms with van der Waals surface area (Å²) in [6.07, 6.45) is 1.64. The van der Waals surface area contributed by atoms with Crippen LogP contribution in [0.3, 0.4) is 0 Å². The van der Waals surface area contributed by atoms with Gasteiger partial charge in [0.1, 0.15) is 17.3 Å². The largest absolute Gasteiger partial charge is 0.508 e. The van der Waals surface area contributed by atoms with Crippen LogP contribution < -0.4 is 0 Å². The molecule has 0 bridgehead atoms. The summed E-state index contributed by atoms with van der Waals surface area (Å²) < 4.78 is 5.54. The van der Waals surface area contributed by atoms with Crippen molar-refractivity contribution in [3.8, 4) is 11.5 Å². The highest BCUT2D eigenvalue weighted by molar-refractivity contribution is 5.42. The zero-order chi connectivity index (χ0) is 13.9. The lowest BCUT2D eigenvalue weighted by Crippen LogP contribution is -2.01. The van der Waals surface area contributed by atoms with Crippen molar-refractivity contribution in [2.24, 2.45) is 0 Å². The average molecular weight is 266 g/mol. The molecular formula is C17H14O3. The van der Waals surface area contributed by atoms with Gasteiger partial charge in [0, 0.05) is 0 Å². The molecule has 2 aromatic carbocycles. The molecule has 0 spiro atoms. The van der Waals surface area contributed by atoms with Gasteiger partial charge in [-0.25, -0.2) is 0 Å². The first-order valence-corrected chi connectivity index (χ1v) is 6.35. The second kappa shape index (κ2) is 5.13. The van der Waals surface area contributed by atoms with Crippen molar-refractivity contribution in [1.29, 1.82) is 0 Å². The third-order valence-corrected chi connectivity index (χ3v) is 3.28. The Balaban J connectivity index is 2.09. The van der Waals surface area contributed by atoms with Crippen molar-refractivity contribution < 1.29 is 14.6 Å². The van der Waals surface area contributed by atoms with E-state index in [1.807, 2.05) is 36.4 Å². The third-order valence-electron chi connectivity index (χ3n) is 3.28. The summed E-state index contributed by atoms with van der Waals surface area (Å²) >= 11 is 0.